The average Bonchev–Trinajstić information content (AvgIpc) is 2.63. The Balaban J connectivity index is 4.92. The SMILES string of the molecule is CCCCN(C)C(=O)C(CC(=O)C(C)(C)C)N(C)C(=S)CCCCCSC(C)(C)C. The molecule has 0 fully saturated rings. The summed E-state index contributed by atoms with van der Waals surface area (Å²) in [5, 5.41) is 0. The first-order valence-corrected chi connectivity index (χ1v) is 12.8. The lowest BCUT2D eigenvalue weighted by Crippen LogP contribution is -2.49. The van der Waals surface area contributed by atoms with Gasteiger partial charge in [-0.05, 0) is 31.4 Å². The molecule has 4 nitrogen and oxygen atoms in total. The van der Waals surface area contributed by atoms with Crippen LogP contribution in [0.4, 0.5) is 0 Å². The second kappa shape index (κ2) is 13.7. The highest BCUT2D eigenvalue weighted by molar-refractivity contribution is 8.00. The highest BCUT2D eigenvalue weighted by Gasteiger charge is 2.33. The van der Waals surface area contributed by atoms with Crippen LogP contribution in [-0.2, 0) is 9.59 Å². The second-order valence-electron chi connectivity index (χ2n) is 10.3. The predicted molar refractivity (Wildman–Crippen MR) is 136 cm³/mol. The fourth-order valence-corrected chi connectivity index (χ4v) is 4.15. The number of likely N-dealkylation sites (N-methyl/N-ethyl adjacent to an activating group) is 2. The van der Waals surface area contributed by atoms with E-state index in [0.29, 0.717) is 11.3 Å². The first-order chi connectivity index (χ1) is 13.7. The van der Waals surface area contributed by atoms with E-state index in [9.17, 15) is 9.59 Å². The Morgan fingerprint density at radius 3 is 2.07 bits per heavy atom. The Labute approximate surface area is 195 Å². The van der Waals surface area contributed by atoms with Gasteiger partial charge < -0.3 is 9.80 Å². The average molecular weight is 459 g/mol. The third kappa shape index (κ3) is 12.3. The summed E-state index contributed by atoms with van der Waals surface area (Å²) in [5.74, 6) is 1.25. The molecule has 0 heterocycles. The van der Waals surface area contributed by atoms with Crippen LogP contribution in [0.25, 0.3) is 0 Å². The fraction of sp³-hybridized carbons (Fsp3) is 0.875. The first-order valence-electron chi connectivity index (χ1n) is 11.4. The number of unbranched alkanes of at least 4 members (excludes halogenated alkanes) is 3. The van der Waals surface area contributed by atoms with Crippen LogP contribution in [0.1, 0.15) is 93.4 Å². The Hall–Kier alpha value is -0.620. The van der Waals surface area contributed by atoms with Gasteiger partial charge in [0.15, 0.2) is 0 Å². The molecule has 0 aromatic heterocycles. The molecule has 0 saturated heterocycles. The molecule has 30 heavy (non-hydrogen) atoms. The van der Waals surface area contributed by atoms with Crippen LogP contribution in [0.3, 0.4) is 0 Å². The van der Waals surface area contributed by atoms with Gasteiger partial charge in [0.2, 0.25) is 5.91 Å². The van der Waals surface area contributed by atoms with Crippen molar-refractivity contribution in [2.24, 2.45) is 5.41 Å². The molecule has 0 N–H and O–H groups in total. The molecule has 0 aliphatic rings. The van der Waals surface area contributed by atoms with Gasteiger partial charge >= 0.3 is 0 Å². The van der Waals surface area contributed by atoms with Gasteiger partial charge in [0.1, 0.15) is 11.8 Å². The number of carbonyl (C=O) groups is 2. The van der Waals surface area contributed by atoms with Gasteiger partial charge in [-0.3, -0.25) is 9.59 Å². The van der Waals surface area contributed by atoms with Gasteiger partial charge in [-0.1, -0.05) is 73.5 Å². The van der Waals surface area contributed by atoms with Crippen LogP contribution in [0, 0.1) is 5.41 Å². The predicted octanol–water partition coefficient (Wildman–Crippen LogP) is 5.97. The Kier molecular flexibility index (Phi) is 13.4. The number of amides is 1. The Morgan fingerprint density at radius 2 is 1.57 bits per heavy atom. The maximum atomic E-state index is 13.1. The lowest BCUT2D eigenvalue weighted by molar-refractivity contribution is -0.138. The molecule has 0 aromatic rings. The van der Waals surface area contributed by atoms with Gasteiger partial charge in [0.05, 0.1) is 4.99 Å². The molecule has 6 heteroatoms. The number of hydrogen-bond donors (Lipinski definition) is 0. The summed E-state index contributed by atoms with van der Waals surface area (Å²) in [6.45, 7) is 15.3. The van der Waals surface area contributed by atoms with Crippen molar-refractivity contribution in [3.8, 4) is 0 Å². The number of Topliss-reactive ketones (excluding diaryl/α,β-unsaturated/α-hetero) is 1. The zero-order valence-electron chi connectivity index (χ0n) is 21.0. The molecule has 0 bridgehead atoms. The monoisotopic (exact) mass is 458 g/mol. The molecule has 0 radical (unpaired) electrons. The lowest BCUT2D eigenvalue weighted by atomic mass is 9.86. The summed E-state index contributed by atoms with van der Waals surface area (Å²) in [7, 11) is 3.71. The van der Waals surface area contributed by atoms with Gasteiger partial charge in [0.25, 0.3) is 0 Å². The minimum atomic E-state index is -0.512. The quantitative estimate of drug-likeness (QED) is 0.251. The van der Waals surface area contributed by atoms with Crippen LogP contribution >= 0.6 is 24.0 Å². The van der Waals surface area contributed by atoms with E-state index in [0.717, 1.165) is 42.8 Å². The normalized spacial score (nSPS) is 13.1. The van der Waals surface area contributed by atoms with E-state index in [1.165, 1.54) is 6.42 Å². The van der Waals surface area contributed by atoms with Crippen LogP contribution in [0.15, 0.2) is 0 Å². The minimum absolute atomic E-state index is 0.00697. The summed E-state index contributed by atoms with van der Waals surface area (Å²) in [5.41, 5.74) is -0.465. The third-order valence-electron chi connectivity index (χ3n) is 5.15. The maximum Gasteiger partial charge on any atom is 0.245 e. The van der Waals surface area contributed by atoms with Gasteiger partial charge in [-0.25, -0.2) is 0 Å². The summed E-state index contributed by atoms with van der Waals surface area (Å²) >= 11 is 7.66. The Bertz CT molecular complexity index is 550. The Morgan fingerprint density at radius 1 is 0.967 bits per heavy atom. The second-order valence-corrected chi connectivity index (χ2v) is 12.7. The first kappa shape index (κ1) is 29.4. The van der Waals surface area contributed by atoms with E-state index in [-0.39, 0.29) is 18.1 Å². The number of carbonyl (C=O) groups excluding carboxylic acids is 2. The van der Waals surface area contributed by atoms with Crippen LogP contribution in [-0.4, -0.2) is 63.7 Å². The molecule has 0 aromatic carbocycles. The minimum Gasteiger partial charge on any atom is -0.357 e. The molecule has 0 saturated carbocycles. The van der Waals surface area contributed by atoms with Crippen molar-refractivity contribution in [2.75, 3.05) is 26.4 Å². The van der Waals surface area contributed by atoms with Crippen molar-refractivity contribution < 1.29 is 9.59 Å². The van der Waals surface area contributed by atoms with Crippen molar-refractivity contribution >= 4 is 40.7 Å². The van der Waals surface area contributed by atoms with Crippen molar-refractivity contribution in [3.05, 3.63) is 0 Å². The number of thioether (sulfide) groups is 1. The number of nitrogens with zero attached hydrogens (tertiary/aromatic N) is 2. The smallest absolute Gasteiger partial charge is 0.245 e. The van der Waals surface area contributed by atoms with Crippen molar-refractivity contribution in [1.82, 2.24) is 9.80 Å². The van der Waals surface area contributed by atoms with E-state index in [4.69, 9.17) is 12.2 Å². The lowest BCUT2D eigenvalue weighted by Gasteiger charge is -2.33. The number of ketones is 1. The molecule has 176 valence electrons. The standard InChI is InChI=1S/C24H46N2O2S2/c1-10-11-16-25(8)22(28)19(18-20(27)23(2,3)4)26(9)21(29)15-13-12-14-17-30-24(5,6)7/h19H,10-18H2,1-9H3. The van der Waals surface area contributed by atoms with E-state index >= 15 is 0 Å². The fourth-order valence-electron chi connectivity index (χ4n) is 2.92. The van der Waals surface area contributed by atoms with Crippen LogP contribution in [0.2, 0.25) is 0 Å². The van der Waals surface area contributed by atoms with E-state index in [1.807, 2.05) is 51.5 Å². The highest BCUT2D eigenvalue weighted by atomic mass is 32.2. The van der Waals surface area contributed by atoms with Gasteiger partial charge in [-0.15, -0.1) is 0 Å². The van der Waals surface area contributed by atoms with E-state index in [1.54, 1.807) is 4.90 Å². The molecule has 1 amide bonds. The number of hydrogen-bond acceptors (Lipinski definition) is 4. The molecule has 0 aliphatic heterocycles. The molecular weight excluding hydrogens is 412 g/mol. The van der Waals surface area contributed by atoms with Crippen molar-refractivity contribution in [1.29, 1.82) is 0 Å². The summed E-state index contributed by atoms with van der Waals surface area (Å²) in [6.07, 6.45) is 6.32. The molecule has 1 unspecified atom stereocenters. The van der Waals surface area contributed by atoms with Crippen LogP contribution < -0.4 is 0 Å². The zero-order chi connectivity index (χ0) is 23.5. The molecule has 0 rings (SSSR count). The van der Waals surface area contributed by atoms with Crippen LogP contribution in [0.5, 0.6) is 0 Å². The number of thiocarbonyl (C=S) groups is 1. The van der Waals surface area contributed by atoms with Crippen molar-refractivity contribution in [3.63, 3.8) is 0 Å². The molecular formula is C24H46N2O2S2. The largest absolute Gasteiger partial charge is 0.357 e. The number of rotatable bonds is 13. The zero-order valence-corrected chi connectivity index (χ0v) is 22.6. The third-order valence-corrected chi connectivity index (χ3v) is 7.01. The van der Waals surface area contributed by atoms with Gasteiger partial charge in [-0.2, -0.15) is 11.8 Å². The maximum absolute atomic E-state index is 13.1. The summed E-state index contributed by atoms with van der Waals surface area (Å²) in [6, 6.07) is -0.512. The molecule has 1 atom stereocenters. The topological polar surface area (TPSA) is 40.6 Å². The summed E-state index contributed by atoms with van der Waals surface area (Å²) in [4.78, 5) is 30.3. The van der Waals surface area contributed by atoms with E-state index < -0.39 is 11.5 Å². The molecule has 0 spiro atoms. The van der Waals surface area contributed by atoms with Crippen molar-refractivity contribution in [2.45, 2.75) is 104 Å². The summed E-state index contributed by atoms with van der Waals surface area (Å²) < 4.78 is 0.312. The molecule has 0 aliphatic carbocycles. The van der Waals surface area contributed by atoms with Gasteiger partial charge in [0, 0.05) is 37.2 Å². The highest BCUT2D eigenvalue weighted by Crippen LogP contribution is 2.25. The van der Waals surface area contributed by atoms with E-state index in [2.05, 4.69) is 27.7 Å².